The van der Waals surface area contributed by atoms with Crippen molar-refractivity contribution in [3.05, 3.63) is 11.9 Å². The van der Waals surface area contributed by atoms with Gasteiger partial charge in [-0.3, -0.25) is 5.84 Å². The highest BCUT2D eigenvalue weighted by Gasteiger charge is 2.45. The number of hydrogen-bond acceptors (Lipinski definition) is 5. The number of rotatable bonds is 6. The Kier molecular flexibility index (Phi) is 5.01. The normalized spacial score (nSPS) is 22.1. The highest BCUT2D eigenvalue weighted by atomic mass is 16.5. The van der Waals surface area contributed by atoms with Crippen molar-refractivity contribution in [1.29, 1.82) is 0 Å². The van der Waals surface area contributed by atoms with Crippen molar-refractivity contribution < 1.29 is 4.74 Å². The lowest BCUT2D eigenvalue weighted by Gasteiger charge is -2.46. The number of hydrazine groups is 1. The Morgan fingerprint density at radius 3 is 2.57 bits per heavy atom. The van der Waals surface area contributed by atoms with Crippen LogP contribution in [0.5, 0.6) is 0 Å². The highest BCUT2D eigenvalue weighted by Crippen LogP contribution is 2.47. The van der Waals surface area contributed by atoms with Crippen molar-refractivity contribution >= 4 is 0 Å². The third-order valence-electron chi connectivity index (χ3n) is 4.93. The van der Waals surface area contributed by atoms with Crippen LogP contribution in [0.1, 0.15) is 64.6 Å². The molecular formula is C15H29N5O. The third kappa shape index (κ3) is 3.27. The van der Waals surface area contributed by atoms with Gasteiger partial charge in [-0.25, -0.2) is 10.1 Å². The number of nitrogens with one attached hydrogen (secondary N) is 1. The molecule has 1 atom stereocenters. The average Bonchev–Trinajstić information content (AvgIpc) is 2.90. The number of hydrogen-bond donors (Lipinski definition) is 2. The molecule has 1 unspecified atom stereocenters. The van der Waals surface area contributed by atoms with E-state index in [2.05, 4.69) is 36.5 Å². The first-order chi connectivity index (χ1) is 9.98. The molecule has 0 radical (unpaired) electrons. The molecule has 1 aromatic rings. The van der Waals surface area contributed by atoms with Crippen LogP contribution >= 0.6 is 0 Å². The zero-order valence-corrected chi connectivity index (χ0v) is 13.7. The minimum atomic E-state index is -0.280. The predicted octanol–water partition coefficient (Wildman–Crippen LogP) is 2.18. The van der Waals surface area contributed by atoms with E-state index in [0.717, 1.165) is 44.3 Å². The standard InChI is InChI=1S/C15H29N5O/c1-5-10-20-12(11-17-19-20)13(18-16)15(21-4)8-6-14(2,3)7-9-15/h11,13,18H,5-10,16H2,1-4H3. The largest absolute Gasteiger partial charge is 0.376 e. The van der Waals surface area contributed by atoms with Gasteiger partial charge in [-0.1, -0.05) is 26.0 Å². The van der Waals surface area contributed by atoms with E-state index < -0.39 is 0 Å². The summed E-state index contributed by atoms with van der Waals surface area (Å²) in [6, 6.07) is -0.0832. The van der Waals surface area contributed by atoms with E-state index in [-0.39, 0.29) is 11.6 Å². The summed E-state index contributed by atoms with van der Waals surface area (Å²) in [5.41, 5.74) is 4.08. The molecule has 1 fully saturated rings. The molecule has 1 aliphatic rings. The zero-order valence-electron chi connectivity index (χ0n) is 13.7. The van der Waals surface area contributed by atoms with E-state index in [0.29, 0.717) is 5.41 Å². The number of aromatic nitrogens is 3. The van der Waals surface area contributed by atoms with Crippen molar-refractivity contribution in [3.8, 4) is 0 Å². The van der Waals surface area contributed by atoms with Crippen LogP contribution in [-0.4, -0.2) is 27.7 Å². The van der Waals surface area contributed by atoms with Crippen molar-refractivity contribution in [2.75, 3.05) is 7.11 Å². The van der Waals surface area contributed by atoms with Gasteiger partial charge in [-0.05, 0) is 37.5 Å². The van der Waals surface area contributed by atoms with Crippen LogP contribution in [0.4, 0.5) is 0 Å². The lowest BCUT2D eigenvalue weighted by molar-refractivity contribution is -0.0894. The van der Waals surface area contributed by atoms with Gasteiger partial charge < -0.3 is 4.74 Å². The van der Waals surface area contributed by atoms with Crippen LogP contribution in [0.25, 0.3) is 0 Å². The molecule has 0 aliphatic heterocycles. The molecule has 21 heavy (non-hydrogen) atoms. The molecule has 2 rings (SSSR count). The molecule has 0 bridgehead atoms. The van der Waals surface area contributed by atoms with Gasteiger partial charge in [0.05, 0.1) is 23.5 Å². The van der Waals surface area contributed by atoms with Crippen LogP contribution in [0, 0.1) is 5.41 Å². The SMILES string of the molecule is CCCn1nncc1C(NN)C1(OC)CCC(C)(C)CC1. The van der Waals surface area contributed by atoms with E-state index in [4.69, 9.17) is 10.6 Å². The molecule has 0 aromatic carbocycles. The smallest absolute Gasteiger partial charge is 0.0934 e. The molecule has 1 saturated carbocycles. The summed E-state index contributed by atoms with van der Waals surface area (Å²) in [4.78, 5) is 0. The molecule has 0 saturated heterocycles. The van der Waals surface area contributed by atoms with E-state index in [1.165, 1.54) is 0 Å². The van der Waals surface area contributed by atoms with Crippen molar-refractivity contribution in [2.24, 2.45) is 11.3 Å². The van der Waals surface area contributed by atoms with Crippen LogP contribution in [0.3, 0.4) is 0 Å². The second-order valence-corrected chi connectivity index (χ2v) is 6.91. The number of methoxy groups -OCH3 is 1. The molecule has 0 amide bonds. The third-order valence-corrected chi connectivity index (χ3v) is 4.93. The van der Waals surface area contributed by atoms with Crippen LogP contribution in [0.2, 0.25) is 0 Å². The van der Waals surface area contributed by atoms with Gasteiger partial charge in [-0.15, -0.1) is 5.10 Å². The fraction of sp³-hybridized carbons (Fsp3) is 0.867. The Balaban J connectivity index is 2.27. The van der Waals surface area contributed by atoms with Crippen LogP contribution in [-0.2, 0) is 11.3 Å². The molecule has 6 heteroatoms. The fourth-order valence-corrected chi connectivity index (χ4v) is 3.34. The Morgan fingerprint density at radius 2 is 2.05 bits per heavy atom. The summed E-state index contributed by atoms with van der Waals surface area (Å²) in [6.07, 6.45) is 7.06. The summed E-state index contributed by atoms with van der Waals surface area (Å²) in [6.45, 7) is 7.62. The van der Waals surface area contributed by atoms with E-state index in [9.17, 15) is 0 Å². The van der Waals surface area contributed by atoms with Gasteiger partial charge in [0.2, 0.25) is 0 Å². The molecule has 3 N–H and O–H groups in total. The van der Waals surface area contributed by atoms with Crippen LogP contribution in [0.15, 0.2) is 6.20 Å². The minimum Gasteiger partial charge on any atom is -0.376 e. The van der Waals surface area contributed by atoms with Crippen LogP contribution < -0.4 is 11.3 Å². The summed E-state index contributed by atoms with van der Waals surface area (Å²) in [5.74, 6) is 5.89. The quantitative estimate of drug-likeness (QED) is 0.621. The van der Waals surface area contributed by atoms with E-state index in [1.54, 1.807) is 13.3 Å². The lowest BCUT2D eigenvalue weighted by atomic mass is 9.68. The molecule has 0 spiro atoms. The van der Waals surface area contributed by atoms with Gasteiger partial charge in [0.25, 0.3) is 0 Å². The zero-order chi connectivity index (χ0) is 15.5. The Morgan fingerprint density at radius 1 is 1.38 bits per heavy atom. The van der Waals surface area contributed by atoms with Crippen molar-refractivity contribution in [3.63, 3.8) is 0 Å². The molecule has 1 aromatic heterocycles. The maximum absolute atomic E-state index is 5.97. The van der Waals surface area contributed by atoms with Gasteiger partial charge in [0.1, 0.15) is 0 Å². The maximum Gasteiger partial charge on any atom is 0.0934 e. The van der Waals surface area contributed by atoms with E-state index >= 15 is 0 Å². The molecule has 1 heterocycles. The molecule has 6 nitrogen and oxygen atoms in total. The average molecular weight is 295 g/mol. The molecule has 120 valence electrons. The lowest BCUT2D eigenvalue weighted by Crippen LogP contribution is -2.51. The second kappa shape index (κ2) is 6.42. The van der Waals surface area contributed by atoms with Crippen molar-refractivity contribution in [2.45, 2.75) is 71.1 Å². The Bertz CT molecular complexity index is 447. The second-order valence-electron chi connectivity index (χ2n) is 6.91. The minimum absolute atomic E-state index is 0.0832. The van der Waals surface area contributed by atoms with Gasteiger partial charge >= 0.3 is 0 Å². The summed E-state index contributed by atoms with van der Waals surface area (Å²) in [7, 11) is 1.79. The summed E-state index contributed by atoms with van der Waals surface area (Å²) < 4.78 is 7.91. The van der Waals surface area contributed by atoms with Gasteiger partial charge in [0, 0.05) is 13.7 Å². The molecule has 1 aliphatic carbocycles. The maximum atomic E-state index is 5.97. The Hall–Kier alpha value is -0.980. The van der Waals surface area contributed by atoms with Gasteiger partial charge in [0.15, 0.2) is 0 Å². The number of nitrogens with zero attached hydrogens (tertiary/aromatic N) is 3. The fourth-order valence-electron chi connectivity index (χ4n) is 3.34. The predicted molar refractivity (Wildman–Crippen MR) is 82.4 cm³/mol. The summed E-state index contributed by atoms with van der Waals surface area (Å²) >= 11 is 0. The Labute approximate surface area is 127 Å². The topological polar surface area (TPSA) is 78.0 Å². The number of nitrogens with two attached hydrogens (primary N) is 1. The van der Waals surface area contributed by atoms with Gasteiger partial charge in [-0.2, -0.15) is 0 Å². The van der Waals surface area contributed by atoms with Crippen molar-refractivity contribution in [1.82, 2.24) is 20.4 Å². The number of ether oxygens (including phenoxy) is 1. The monoisotopic (exact) mass is 295 g/mol. The molecular weight excluding hydrogens is 266 g/mol. The first kappa shape index (κ1) is 16.4. The van der Waals surface area contributed by atoms with E-state index in [1.807, 2.05) is 4.68 Å². The number of aryl methyl sites for hydroxylation is 1. The first-order valence-corrected chi connectivity index (χ1v) is 7.88. The summed E-state index contributed by atoms with van der Waals surface area (Å²) in [5, 5.41) is 8.24. The first-order valence-electron chi connectivity index (χ1n) is 7.88. The highest BCUT2D eigenvalue weighted by molar-refractivity contribution is 5.12.